The summed E-state index contributed by atoms with van der Waals surface area (Å²) in [5, 5.41) is 3.54. The molecule has 2 amide bonds. The van der Waals surface area contributed by atoms with E-state index in [2.05, 4.69) is 28.2 Å². The van der Waals surface area contributed by atoms with E-state index in [4.69, 9.17) is 16.3 Å². The van der Waals surface area contributed by atoms with Crippen LogP contribution in [0.25, 0.3) is 0 Å². The Bertz CT molecular complexity index is 1090. The molecule has 0 aliphatic rings. The lowest BCUT2D eigenvalue weighted by atomic mass is 10.0. The molecule has 7 heteroatoms. The normalized spacial score (nSPS) is 11.5. The van der Waals surface area contributed by atoms with E-state index in [-0.39, 0.29) is 25.0 Å². The fourth-order valence-electron chi connectivity index (χ4n) is 3.63. The molecule has 1 atom stereocenters. The summed E-state index contributed by atoms with van der Waals surface area (Å²) in [5.74, 6) is 0.0523. The smallest absolute Gasteiger partial charge is 0.261 e. The van der Waals surface area contributed by atoms with Gasteiger partial charge >= 0.3 is 0 Å². The third kappa shape index (κ3) is 8.71. The van der Waals surface area contributed by atoms with Crippen molar-refractivity contribution in [2.45, 2.75) is 38.8 Å². The molecular formula is C28H30BrClN2O3. The highest BCUT2D eigenvalue weighted by Crippen LogP contribution is 2.20. The molecule has 0 bridgehead atoms. The van der Waals surface area contributed by atoms with Gasteiger partial charge in [0.05, 0.1) is 0 Å². The molecule has 35 heavy (non-hydrogen) atoms. The number of hydrogen-bond acceptors (Lipinski definition) is 3. The maximum absolute atomic E-state index is 13.5. The number of nitrogens with zero attached hydrogens (tertiary/aromatic N) is 1. The summed E-state index contributed by atoms with van der Waals surface area (Å²) >= 11 is 9.51. The molecular weight excluding hydrogens is 528 g/mol. The van der Waals surface area contributed by atoms with Crippen molar-refractivity contribution < 1.29 is 14.3 Å². The number of benzene rings is 3. The zero-order chi connectivity index (χ0) is 25.0. The average Bonchev–Trinajstić information content (AvgIpc) is 2.86. The van der Waals surface area contributed by atoms with E-state index < -0.39 is 6.04 Å². The predicted molar refractivity (Wildman–Crippen MR) is 143 cm³/mol. The predicted octanol–water partition coefficient (Wildman–Crippen LogP) is 6.04. The molecule has 0 aliphatic heterocycles. The molecule has 0 saturated heterocycles. The minimum Gasteiger partial charge on any atom is -0.484 e. The van der Waals surface area contributed by atoms with Crippen LogP contribution in [0.1, 0.15) is 30.9 Å². The fourth-order valence-corrected chi connectivity index (χ4v) is 4.08. The Morgan fingerprint density at radius 1 is 1.00 bits per heavy atom. The lowest BCUT2D eigenvalue weighted by Gasteiger charge is -2.31. The van der Waals surface area contributed by atoms with Gasteiger partial charge in [0.2, 0.25) is 5.91 Å². The van der Waals surface area contributed by atoms with Gasteiger partial charge in [0.1, 0.15) is 11.8 Å². The largest absolute Gasteiger partial charge is 0.484 e. The lowest BCUT2D eigenvalue weighted by molar-refractivity contribution is -0.142. The van der Waals surface area contributed by atoms with Gasteiger partial charge in [-0.25, -0.2) is 0 Å². The first-order valence-electron chi connectivity index (χ1n) is 11.7. The van der Waals surface area contributed by atoms with Crippen LogP contribution >= 0.6 is 27.5 Å². The average molecular weight is 558 g/mol. The highest BCUT2D eigenvalue weighted by molar-refractivity contribution is 9.10. The number of nitrogens with one attached hydrogen (secondary N) is 1. The second-order valence-corrected chi connectivity index (χ2v) is 9.60. The highest BCUT2D eigenvalue weighted by atomic mass is 79.9. The van der Waals surface area contributed by atoms with Crippen LogP contribution in [0.15, 0.2) is 83.3 Å². The number of halogens is 2. The molecule has 0 spiro atoms. The summed E-state index contributed by atoms with van der Waals surface area (Å²) in [7, 11) is 0. The zero-order valence-electron chi connectivity index (χ0n) is 19.8. The minimum absolute atomic E-state index is 0.171. The van der Waals surface area contributed by atoms with E-state index in [0.717, 1.165) is 28.4 Å². The van der Waals surface area contributed by atoms with Crippen LogP contribution in [0, 0.1) is 0 Å². The van der Waals surface area contributed by atoms with E-state index in [0.29, 0.717) is 23.7 Å². The molecule has 5 nitrogen and oxygen atoms in total. The first kappa shape index (κ1) is 26.8. The van der Waals surface area contributed by atoms with Crippen molar-refractivity contribution in [2.75, 3.05) is 13.2 Å². The van der Waals surface area contributed by atoms with Gasteiger partial charge in [-0.15, -0.1) is 0 Å². The Kier molecular flexibility index (Phi) is 10.6. The summed E-state index contributed by atoms with van der Waals surface area (Å²) in [6.07, 6.45) is 2.25. The van der Waals surface area contributed by atoms with Crippen LogP contribution in [0.2, 0.25) is 5.02 Å². The zero-order valence-corrected chi connectivity index (χ0v) is 22.1. The molecule has 1 N–H and O–H groups in total. The first-order chi connectivity index (χ1) is 17.0. The Morgan fingerprint density at radius 3 is 2.43 bits per heavy atom. The van der Waals surface area contributed by atoms with Crippen LogP contribution in [-0.4, -0.2) is 35.9 Å². The van der Waals surface area contributed by atoms with Crippen LogP contribution < -0.4 is 10.1 Å². The number of carbonyl (C=O) groups is 2. The number of amides is 2. The molecule has 0 saturated carbocycles. The summed E-state index contributed by atoms with van der Waals surface area (Å²) < 4.78 is 6.70. The van der Waals surface area contributed by atoms with Gasteiger partial charge in [0.15, 0.2) is 6.61 Å². The summed E-state index contributed by atoms with van der Waals surface area (Å²) in [5.41, 5.74) is 1.90. The van der Waals surface area contributed by atoms with Crippen molar-refractivity contribution in [3.8, 4) is 5.75 Å². The van der Waals surface area contributed by atoms with E-state index in [9.17, 15) is 9.59 Å². The van der Waals surface area contributed by atoms with Crippen molar-refractivity contribution in [1.82, 2.24) is 10.2 Å². The molecule has 0 fully saturated rings. The number of rotatable bonds is 12. The van der Waals surface area contributed by atoms with Gasteiger partial charge in [-0.1, -0.05) is 89.4 Å². The van der Waals surface area contributed by atoms with Crippen LogP contribution in [0.5, 0.6) is 5.75 Å². The SMILES string of the molecule is CCCCNC(=O)[C@H](Cc1ccccc1)N(Cc1ccc(Br)cc1)C(=O)COc1cccc(Cl)c1. The van der Waals surface area contributed by atoms with Gasteiger partial charge in [-0.2, -0.15) is 0 Å². The van der Waals surface area contributed by atoms with E-state index in [1.807, 2.05) is 54.6 Å². The molecule has 0 aliphatic carbocycles. The standard InChI is InChI=1S/C28H30BrClN2O3/c1-2-3-16-31-28(34)26(17-21-8-5-4-6-9-21)32(19-22-12-14-23(29)15-13-22)27(33)20-35-25-11-7-10-24(30)18-25/h4-15,18,26H,2-3,16-17,19-20H2,1H3,(H,31,34)/t26-/m0/s1. The molecule has 0 radical (unpaired) electrons. The third-order valence-corrected chi connectivity index (χ3v) is 6.29. The monoisotopic (exact) mass is 556 g/mol. The highest BCUT2D eigenvalue weighted by Gasteiger charge is 2.30. The summed E-state index contributed by atoms with van der Waals surface area (Å²) in [6, 6.07) is 23.7. The quantitative estimate of drug-likeness (QED) is 0.276. The Hall–Kier alpha value is -2.83. The molecule has 3 rings (SSSR count). The Balaban J connectivity index is 1.87. The Morgan fingerprint density at radius 2 is 1.74 bits per heavy atom. The molecule has 3 aromatic carbocycles. The van der Waals surface area contributed by atoms with Gasteiger partial charge in [0.25, 0.3) is 5.91 Å². The minimum atomic E-state index is -0.687. The number of hydrogen-bond donors (Lipinski definition) is 1. The van der Waals surface area contributed by atoms with Crippen molar-refractivity contribution in [3.63, 3.8) is 0 Å². The van der Waals surface area contributed by atoms with Crippen LogP contribution in [-0.2, 0) is 22.6 Å². The maximum Gasteiger partial charge on any atom is 0.261 e. The van der Waals surface area contributed by atoms with E-state index in [1.54, 1.807) is 29.2 Å². The van der Waals surface area contributed by atoms with E-state index in [1.165, 1.54) is 0 Å². The van der Waals surface area contributed by atoms with Crippen LogP contribution in [0.4, 0.5) is 0 Å². The van der Waals surface area contributed by atoms with Gasteiger partial charge in [-0.3, -0.25) is 9.59 Å². The van der Waals surface area contributed by atoms with Crippen molar-refractivity contribution in [3.05, 3.63) is 99.5 Å². The van der Waals surface area contributed by atoms with Crippen molar-refractivity contribution in [2.24, 2.45) is 0 Å². The maximum atomic E-state index is 13.5. The number of ether oxygens (including phenoxy) is 1. The molecule has 0 aromatic heterocycles. The van der Waals surface area contributed by atoms with Gasteiger partial charge in [0, 0.05) is 29.0 Å². The lowest BCUT2D eigenvalue weighted by Crippen LogP contribution is -2.51. The van der Waals surface area contributed by atoms with Gasteiger partial charge in [-0.05, 0) is 47.9 Å². The first-order valence-corrected chi connectivity index (χ1v) is 12.9. The number of unbranched alkanes of at least 4 members (excludes halogenated alkanes) is 1. The van der Waals surface area contributed by atoms with Crippen molar-refractivity contribution >= 4 is 39.3 Å². The summed E-state index contributed by atoms with van der Waals surface area (Å²) in [6.45, 7) is 2.72. The van der Waals surface area contributed by atoms with Gasteiger partial charge < -0.3 is 15.0 Å². The molecule has 3 aromatic rings. The van der Waals surface area contributed by atoms with Crippen molar-refractivity contribution in [1.29, 1.82) is 0 Å². The topological polar surface area (TPSA) is 58.6 Å². The summed E-state index contributed by atoms with van der Waals surface area (Å²) in [4.78, 5) is 28.5. The molecule has 184 valence electrons. The second kappa shape index (κ2) is 13.9. The Labute approximate surface area is 220 Å². The number of carbonyl (C=O) groups excluding carboxylic acids is 2. The van der Waals surface area contributed by atoms with Crippen LogP contribution in [0.3, 0.4) is 0 Å². The molecule has 0 unspecified atom stereocenters. The third-order valence-electron chi connectivity index (χ3n) is 5.53. The molecule has 0 heterocycles. The van der Waals surface area contributed by atoms with E-state index >= 15 is 0 Å². The fraction of sp³-hybridized carbons (Fsp3) is 0.286. The second-order valence-electron chi connectivity index (χ2n) is 8.24.